The highest BCUT2D eigenvalue weighted by Gasteiger charge is 2.23. The number of hydrogen-bond donors (Lipinski definition) is 2. The molecule has 0 spiro atoms. The van der Waals surface area contributed by atoms with Gasteiger partial charge in [0.2, 0.25) is 5.90 Å². The lowest BCUT2D eigenvalue weighted by atomic mass is 10.2. The summed E-state index contributed by atoms with van der Waals surface area (Å²) < 4.78 is 10.5. The lowest BCUT2D eigenvalue weighted by Crippen LogP contribution is -2.24. The minimum atomic E-state index is -0.595. The van der Waals surface area contributed by atoms with Crippen LogP contribution >= 0.6 is 11.6 Å². The number of pyridine rings is 1. The lowest BCUT2D eigenvalue weighted by molar-refractivity contribution is 0.00694. The largest absolute Gasteiger partial charge is 0.475 e. The molecule has 0 bridgehead atoms. The van der Waals surface area contributed by atoms with Crippen LogP contribution < -0.4 is 5.32 Å². The van der Waals surface area contributed by atoms with Crippen molar-refractivity contribution in [3.05, 3.63) is 35.1 Å². The molecule has 2 N–H and O–H groups in total. The molecule has 23 heavy (non-hydrogen) atoms. The molecule has 7 heteroatoms. The molecule has 0 radical (unpaired) electrons. The van der Waals surface area contributed by atoms with E-state index in [0.717, 1.165) is 12.8 Å². The monoisotopic (exact) mass is 337 g/mol. The predicted molar refractivity (Wildman–Crippen MR) is 89.0 cm³/mol. The molecule has 1 aliphatic carbocycles. The van der Waals surface area contributed by atoms with Crippen molar-refractivity contribution in [2.45, 2.75) is 45.3 Å². The van der Waals surface area contributed by atoms with Gasteiger partial charge >= 0.3 is 5.97 Å². The third-order valence-electron chi connectivity index (χ3n) is 2.75. The molecule has 1 aromatic heterocycles. The van der Waals surface area contributed by atoms with Crippen molar-refractivity contribution in [3.8, 4) is 0 Å². The molecule has 0 saturated heterocycles. The molecular formula is C16H20ClN3O3. The van der Waals surface area contributed by atoms with E-state index in [1.807, 2.05) is 0 Å². The van der Waals surface area contributed by atoms with Crippen LogP contribution in [-0.2, 0) is 9.47 Å². The number of esters is 1. The molecule has 0 atom stereocenters. The topological polar surface area (TPSA) is 84.3 Å². The second-order valence-electron chi connectivity index (χ2n) is 6.20. The van der Waals surface area contributed by atoms with Crippen molar-refractivity contribution in [1.29, 1.82) is 5.41 Å². The Morgan fingerprint density at radius 1 is 1.43 bits per heavy atom. The van der Waals surface area contributed by atoms with E-state index >= 15 is 0 Å². The van der Waals surface area contributed by atoms with E-state index in [1.165, 1.54) is 12.3 Å². The van der Waals surface area contributed by atoms with Gasteiger partial charge in [0.15, 0.2) is 0 Å². The molecule has 1 aromatic rings. The van der Waals surface area contributed by atoms with Gasteiger partial charge in [-0.15, -0.1) is 0 Å². The number of ether oxygens (including phenoxy) is 2. The van der Waals surface area contributed by atoms with Crippen LogP contribution in [0.2, 0.25) is 5.15 Å². The predicted octanol–water partition coefficient (Wildman–Crippen LogP) is 3.77. The van der Waals surface area contributed by atoms with Crippen molar-refractivity contribution in [1.82, 2.24) is 4.98 Å². The maximum Gasteiger partial charge on any atom is 0.341 e. The van der Waals surface area contributed by atoms with E-state index in [-0.39, 0.29) is 22.7 Å². The van der Waals surface area contributed by atoms with Gasteiger partial charge in [-0.2, -0.15) is 0 Å². The first-order chi connectivity index (χ1) is 10.7. The number of carbonyl (C=O) groups is 1. The van der Waals surface area contributed by atoms with Gasteiger partial charge in [-0.05, 0) is 45.7 Å². The number of carbonyl (C=O) groups excluding carboxylic acids is 1. The fourth-order valence-corrected chi connectivity index (χ4v) is 1.84. The number of halogens is 1. The van der Waals surface area contributed by atoms with Gasteiger partial charge in [-0.3, -0.25) is 5.41 Å². The zero-order chi connectivity index (χ0) is 17.0. The number of hydrogen-bond acceptors (Lipinski definition) is 6. The zero-order valence-corrected chi connectivity index (χ0v) is 14.1. The summed E-state index contributed by atoms with van der Waals surface area (Å²) in [6.07, 6.45) is 5.24. The van der Waals surface area contributed by atoms with Gasteiger partial charge in [0.25, 0.3) is 0 Å². The first-order valence-corrected chi connectivity index (χ1v) is 7.70. The Kier molecular flexibility index (Phi) is 5.26. The van der Waals surface area contributed by atoms with Crippen molar-refractivity contribution in [2.24, 2.45) is 0 Å². The van der Waals surface area contributed by atoms with Crippen LogP contribution in [0.3, 0.4) is 0 Å². The third-order valence-corrected chi connectivity index (χ3v) is 3.04. The molecule has 6 nitrogen and oxygen atoms in total. The minimum absolute atomic E-state index is 0.0574. The third kappa shape index (κ3) is 5.90. The van der Waals surface area contributed by atoms with Crippen molar-refractivity contribution in [2.75, 3.05) is 5.32 Å². The first-order valence-electron chi connectivity index (χ1n) is 7.33. The Morgan fingerprint density at radius 2 is 2.13 bits per heavy atom. The summed E-state index contributed by atoms with van der Waals surface area (Å²) >= 11 is 6.03. The fraction of sp³-hybridized carbons (Fsp3) is 0.438. The van der Waals surface area contributed by atoms with Gasteiger partial charge < -0.3 is 14.8 Å². The van der Waals surface area contributed by atoms with Gasteiger partial charge in [-0.1, -0.05) is 11.6 Å². The molecule has 1 fully saturated rings. The van der Waals surface area contributed by atoms with E-state index in [4.69, 9.17) is 26.5 Å². The maximum atomic E-state index is 12.0. The number of anilines is 1. The average Bonchev–Trinajstić information content (AvgIpc) is 3.20. The molecule has 0 aromatic carbocycles. The molecule has 1 aliphatic rings. The van der Waals surface area contributed by atoms with E-state index in [9.17, 15) is 4.79 Å². The normalized spacial score (nSPS) is 14.6. The van der Waals surface area contributed by atoms with Crippen LogP contribution in [0.15, 0.2) is 24.4 Å². The summed E-state index contributed by atoms with van der Waals surface area (Å²) in [4.78, 5) is 16.1. The van der Waals surface area contributed by atoms with E-state index in [0.29, 0.717) is 5.82 Å². The van der Waals surface area contributed by atoms with Crippen molar-refractivity contribution >= 4 is 29.3 Å². The molecule has 0 aliphatic heterocycles. The highest BCUT2D eigenvalue weighted by molar-refractivity contribution is 6.32. The van der Waals surface area contributed by atoms with Gasteiger partial charge in [-0.25, -0.2) is 9.78 Å². The lowest BCUT2D eigenvalue weighted by Gasteiger charge is -2.19. The second kappa shape index (κ2) is 7.00. The highest BCUT2D eigenvalue weighted by atomic mass is 35.5. The maximum absolute atomic E-state index is 12.0. The van der Waals surface area contributed by atoms with Gasteiger partial charge in [0.1, 0.15) is 22.7 Å². The van der Waals surface area contributed by atoms with Crippen LogP contribution in [-0.4, -0.2) is 28.6 Å². The minimum Gasteiger partial charge on any atom is -0.475 e. The van der Waals surface area contributed by atoms with Crippen molar-refractivity contribution < 1.29 is 14.3 Å². The molecule has 0 amide bonds. The molecule has 1 heterocycles. The van der Waals surface area contributed by atoms with Gasteiger partial charge in [0, 0.05) is 12.3 Å². The number of nitrogens with zero attached hydrogens (tertiary/aromatic N) is 1. The summed E-state index contributed by atoms with van der Waals surface area (Å²) in [6, 6.07) is 3.16. The summed E-state index contributed by atoms with van der Waals surface area (Å²) in [6.45, 7) is 5.35. The summed E-state index contributed by atoms with van der Waals surface area (Å²) in [5.74, 6) is 0.0333. The summed E-state index contributed by atoms with van der Waals surface area (Å²) in [5, 5.41) is 10.5. The molecule has 124 valence electrons. The van der Waals surface area contributed by atoms with E-state index in [2.05, 4.69) is 10.3 Å². The van der Waals surface area contributed by atoms with Crippen LogP contribution in [0.1, 0.15) is 44.0 Å². The van der Waals surface area contributed by atoms with Crippen LogP contribution in [0.25, 0.3) is 0 Å². The fourth-order valence-electron chi connectivity index (χ4n) is 1.61. The number of rotatable bonds is 5. The Hall–Kier alpha value is -2.08. The van der Waals surface area contributed by atoms with Crippen LogP contribution in [0.5, 0.6) is 0 Å². The molecule has 0 unspecified atom stereocenters. The quantitative estimate of drug-likeness (QED) is 0.370. The summed E-state index contributed by atoms with van der Waals surface area (Å²) in [5.41, 5.74) is -0.386. The molecule has 2 rings (SSSR count). The van der Waals surface area contributed by atoms with E-state index in [1.54, 1.807) is 32.9 Å². The average molecular weight is 338 g/mol. The van der Waals surface area contributed by atoms with Crippen LogP contribution in [0, 0.1) is 5.41 Å². The second-order valence-corrected chi connectivity index (χ2v) is 6.55. The standard InChI is InChI=1S/C16H20ClN3O3/c1-16(2,3)23-15(21)11-6-7-13(20-14(11)17)19-9-8-12(18)22-10-4-5-10/h6-10,18H,4-5H2,1-3H3,(H,19,20)/b9-8-,18-12?. The Balaban J connectivity index is 1.94. The van der Waals surface area contributed by atoms with E-state index < -0.39 is 11.6 Å². The smallest absolute Gasteiger partial charge is 0.341 e. The van der Waals surface area contributed by atoms with Crippen molar-refractivity contribution in [3.63, 3.8) is 0 Å². The van der Waals surface area contributed by atoms with Crippen LogP contribution in [0.4, 0.5) is 5.82 Å². The zero-order valence-electron chi connectivity index (χ0n) is 13.4. The Labute approximate surface area is 140 Å². The first kappa shape index (κ1) is 17.3. The van der Waals surface area contributed by atoms with Gasteiger partial charge in [0.05, 0.1) is 5.56 Å². The molecule has 1 saturated carbocycles. The highest BCUT2D eigenvalue weighted by Crippen LogP contribution is 2.23. The molecular weight excluding hydrogens is 318 g/mol. The SMILES string of the molecule is CC(C)(C)OC(=O)c1ccc(N/C=C\C(=N)OC2CC2)nc1Cl. The Morgan fingerprint density at radius 3 is 2.70 bits per heavy atom. The Bertz CT molecular complexity index is 634. The number of nitrogens with one attached hydrogen (secondary N) is 2. The summed E-state index contributed by atoms with van der Waals surface area (Å²) in [7, 11) is 0. The number of aromatic nitrogens is 1.